The van der Waals surface area contributed by atoms with Crippen LogP contribution in [0.4, 0.5) is 0 Å². The average molecular weight is 288 g/mol. The van der Waals surface area contributed by atoms with Crippen LogP contribution < -0.4 is 11.1 Å². The first kappa shape index (κ1) is 16.5. The molecule has 1 aliphatic carbocycles. The van der Waals surface area contributed by atoms with Gasteiger partial charge in [0, 0.05) is 12.3 Å². The van der Waals surface area contributed by atoms with Gasteiger partial charge in [0.15, 0.2) is 0 Å². The van der Waals surface area contributed by atoms with Gasteiger partial charge in [-0.05, 0) is 24.8 Å². The second-order valence-corrected chi connectivity index (χ2v) is 5.64. The molecule has 5 nitrogen and oxygen atoms in total. The van der Waals surface area contributed by atoms with E-state index < -0.39 is 11.9 Å². The van der Waals surface area contributed by atoms with E-state index in [2.05, 4.69) is 17.9 Å². The van der Waals surface area contributed by atoms with Crippen molar-refractivity contribution in [3.8, 4) is 0 Å². The summed E-state index contributed by atoms with van der Waals surface area (Å²) in [5.41, 5.74) is 5.64. The number of hydrogen-bond acceptors (Lipinski definition) is 6. The molecule has 0 bridgehead atoms. The Balaban J connectivity index is 2.34. The molecular formula is C13H24N2O3S. The van der Waals surface area contributed by atoms with Crippen molar-refractivity contribution in [3.63, 3.8) is 0 Å². The summed E-state index contributed by atoms with van der Waals surface area (Å²) < 4.78 is 4.81. The number of rotatable bonds is 7. The van der Waals surface area contributed by atoms with Gasteiger partial charge in [-0.3, -0.25) is 9.59 Å². The maximum atomic E-state index is 11.8. The Morgan fingerprint density at radius 2 is 1.89 bits per heavy atom. The SMILES string of the molecule is NCC1(CC(=O)OC(=O)CNCCS)CCCCC1. The number of carbonyl (C=O) groups excluding carboxylic acids is 2. The molecule has 1 aliphatic rings. The van der Waals surface area contributed by atoms with Gasteiger partial charge in [0.2, 0.25) is 0 Å². The Bertz CT molecular complexity index is 304. The van der Waals surface area contributed by atoms with Crippen molar-refractivity contribution >= 4 is 24.6 Å². The zero-order chi connectivity index (χ0) is 14.1. The van der Waals surface area contributed by atoms with Crippen LogP contribution in [0.1, 0.15) is 38.5 Å². The van der Waals surface area contributed by atoms with Crippen LogP contribution in [0.15, 0.2) is 0 Å². The summed E-state index contributed by atoms with van der Waals surface area (Å²) in [5, 5.41) is 2.84. The molecule has 1 rings (SSSR count). The molecule has 0 atom stereocenters. The van der Waals surface area contributed by atoms with Crippen LogP contribution in [0.25, 0.3) is 0 Å². The first-order valence-corrected chi connectivity index (χ1v) is 7.50. The third-order valence-corrected chi connectivity index (χ3v) is 3.88. The molecule has 1 fully saturated rings. The Morgan fingerprint density at radius 3 is 2.47 bits per heavy atom. The highest BCUT2D eigenvalue weighted by Gasteiger charge is 2.34. The minimum atomic E-state index is -0.533. The van der Waals surface area contributed by atoms with E-state index in [0.717, 1.165) is 25.7 Å². The van der Waals surface area contributed by atoms with Crippen LogP contribution in [0.3, 0.4) is 0 Å². The van der Waals surface area contributed by atoms with Gasteiger partial charge in [0.05, 0.1) is 13.0 Å². The van der Waals surface area contributed by atoms with Crippen LogP contribution in [0.2, 0.25) is 0 Å². The minimum Gasteiger partial charge on any atom is -0.392 e. The number of carbonyl (C=O) groups is 2. The molecule has 0 saturated heterocycles. The van der Waals surface area contributed by atoms with Gasteiger partial charge in [-0.25, -0.2) is 0 Å². The van der Waals surface area contributed by atoms with Crippen LogP contribution in [-0.4, -0.2) is 37.3 Å². The lowest BCUT2D eigenvalue weighted by Crippen LogP contribution is -2.36. The molecule has 0 aromatic carbocycles. The summed E-state index contributed by atoms with van der Waals surface area (Å²) in [6.45, 7) is 1.13. The van der Waals surface area contributed by atoms with Gasteiger partial charge in [-0.1, -0.05) is 19.3 Å². The molecule has 0 aliphatic heterocycles. The number of thiol groups is 1. The Hall–Kier alpha value is -0.590. The lowest BCUT2D eigenvalue weighted by Gasteiger charge is -2.35. The molecule has 1 saturated carbocycles. The van der Waals surface area contributed by atoms with Crippen molar-refractivity contribution in [2.75, 3.05) is 25.4 Å². The summed E-state index contributed by atoms with van der Waals surface area (Å²) in [4.78, 5) is 23.2. The fourth-order valence-corrected chi connectivity index (χ4v) is 2.69. The van der Waals surface area contributed by atoms with Crippen LogP contribution in [0, 0.1) is 5.41 Å². The fourth-order valence-electron chi connectivity index (χ4n) is 2.53. The van der Waals surface area contributed by atoms with E-state index >= 15 is 0 Å². The molecule has 0 heterocycles. The zero-order valence-corrected chi connectivity index (χ0v) is 12.2. The van der Waals surface area contributed by atoms with Gasteiger partial charge in [0.25, 0.3) is 0 Å². The van der Waals surface area contributed by atoms with E-state index in [1.807, 2.05) is 0 Å². The molecule has 0 aromatic heterocycles. The highest BCUT2D eigenvalue weighted by atomic mass is 32.1. The first-order valence-electron chi connectivity index (χ1n) is 6.87. The summed E-state index contributed by atoms with van der Waals surface area (Å²) in [6.07, 6.45) is 5.55. The number of nitrogens with one attached hydrogen (secondary N) is 1. The van der Waals surface area contributed by atoms with Gasteiger partial charge >= 0.3 is 11.9 Å². The van der Waals surface area contributed by atoms with E-state index in [1.165, 1.54) is 6.42 Å². The van der Waals surface area contributed by atoms with Crippen LogP contribution >= 0.6 is 12.6 Å². The van der Waals surface area contributed by atoms with E-state index in [4.69, 9.17) is 10.5 Å². The lowest BCUT2D eigenvalue weighted by atomic mass is 9.72. The Morgan fingerprint density at radius 1 is 1.21 bits per heavy atom. The van der Waals surface area contributed by atoms with Crippen molar-refractivity contribution in [2.45, 2.75) is 38.5 Å². The standard InChI is InChI=1S/C13H24N2O3S/c14-10-13(4-2-1-3-5-13)8-11(16)18-12(17)9-15-6-7-19/h15,19H,1-10,14H2. The lowest BCUT2D eigenvalue weighted by molar-refractivity contribution is -0.160. The van der Waals surface area contributed by atoms with Crippen LogP contribution in [0.5, 0.6) is 0 Å². The third kappa shape index (κ3) is 5.93. The van der Waals surface area contributed by atoms with Gasteiger partial charge in [0.1, 0.15) is 0 Å². The first-order chi connectivity index (χ1) is 9.12. The van der Waals surface area contributed by atoms with Gasteiger partial charge in [-0.15, -0.1) is 0 Å². The van der Waals surface area contributed by atoms with E-state index in [1.54, 1.807) is 0 Å². The van der Waals surface area contributed by atoms with Crippen LogP contribution in [-0.2, 0) is 14.3 Å². The maximum Gasteiger partial charge on any atom is 0.327 e. The molecule has 3 N–H and O–H groups in total. The molecule has 0 aromatic rings. The fraction of sp³-hybridized carbons (Fsp3) is 0.846. The average Bonchev–Trinajstić information content (AvgIpc) is 2.40. The molecule has 0 radical (unpaired) electrons. The summed E-state index contributed by atoms with van der Waals surface area (Å²) in [7, 11) is 0. The van der Waals surface area contributed by atoms with Crippen molar-refractivity contribution in [1.82, 2.24) is 5.32 Å². The van der Waals surface area contributed by atoms with Gasteiger partial charge < -0.3 is 15.8 Å². The summed E-state index contributed by atoms with van der Waals surface area (Å²) in [5.74, 6) is -0.350. The van der Waals surface area contributed by atoms with E-state index in [9.17, 15) is 9.59 Å². The van der Waals surface area contributed by atoms with Gasteiger partial charge in [-0.2, -0.15) is 12.6 Å². The second kappa shape index (κ2) is 8.55. The molecule has 6 heteroatoms. The quantitative estimate of drug-likeness (QED) is 0.280. The highest BCUT2D eigenvalue weighted by molar-refractivity contribution is 7.80. The van der Waals surface area contributed by atoms with Crippen molar-refractivity contribution < 1.29 is 14.3 Å². The Labute approximate surface area is 120 Å². The molecule has 110 valence electrons. The molecule has 0 spiro atoms. The Kier molecular flexibility index (Phi) is 7.41. The predicted molar refractivity (Wildman–Crippen MR) is 77.0 cm³/mol. The van der Waals surface area contributed by atoms with Crippen molar-refractivity contribution in [2.24, 2.45) is 11.1 Å². The third-order valence-electron chi connectivity index (χ3n) is 3.65. The molecule has 19 heavy (non-hydrogen) atoms. The number of hydrogen-bond donors (Lipinski definition) is 3. The zero-order valence-electron chi connectivity index (χ0n) is 11.3. The smallest absolute Gasteiger partial charge is 0.327 e. The monoisotopic (exact) mass is 288 g/mol. The molecule has 0 amide bonds. The molecule has 0 unspecified atom stereocenters. The number of esters is 2. The normalized spacial score (nSPS) is 18.0. The van der Waals surface area contributed by atoms with Crippen molar-refractivity contribution in [1.29, 1.82) is 0 Å². The minimum absolute atomic E-state index is 0.0436. The van der Waals surface area contributed by atoms with Crippen molar-refractivity contribution in [3.05, 3.63) is 0 Å². The van der Waals surface area contributed by atoms with E-state index in [-0.39, 0.29) is 18.4 Å². The summed E-state index contributed by atoms with van der Waals surface area (Å²) in [6, 6.07) is 0. The number of ether oxygens (including phenoxy) is 1. The highest BCUT2D eigenvalue weighted by Crippen LogP contribution is 2.38. The topological polar surface area (TPSA) is 81.4 Å². The maximum absolute atomic E-state index is 11.8. The van der Waals surface area contributed by atoms with E-state index in [0.29, 0.717) is 18.8 Å². The predicted octanol–water partition coefficient (Wildman–Crippen LogP) is 0.875. The number of nitrogens with two attached hydrogens (primary N) is 1. The molecular weight excluding hydrogens is 264 g/mol. The second-order valence-electron chi connectivity index (χ2n) is 5.19. The summed E-state index contributed by atoms with van der Waals surface area (Å²) >= 11 is 4.01. The largest absolute Gasteiger partial charge is 0.392 e.